The fraction of sp³-hybridized carbons (Fsp3) is 0.538. The van der Waals surface area contributed by atoms with Crippen molar-refractivity contribution < 1.29 is 14.3 Å². The summed E-state index contributed by atoms with van der Waals surface area (Å²) in [5.41, 5.74) is 6.41. The molecule has 0 spiro atoms. The van der Waals surface area contributed by atoms with Crippen molar-refractivity contribution in [3.05, 3.63) is 18.0 Å². The molecule has 19 heavy (non-hydrogen) atoms. The minimum atomic E-state index is -0.802. The molecule has 106 valence electrons. The van der Waals surface area contributed by atoms with E-state index in [1.54, 1.807) is 29.6 Å². The Labute approximate surface area is 113 Å². The average Bonchev–Trinajstić information content (AvgIpc) is 2.69. The van der Waals surface area contributed by atoms with Crippen LogP contribution in [0.3, 0.4) is 0 Å². The number of ether oxygens (including phenoxy) is 1. The highest BCUT2D eigenvalue weighted by Crippen LogP contribution is 2.11. The van der Waals surface area contributed by atoms with Gasteiger partial charge in [-0.2, -0.15) is 0 Å². The molecule has 1 aromatic heterocycles. The quantitative estimate of drug-likeness (QED) is 0.808. The second-order valence-corrected chi connectivity index (χ2v) is 4.33. The fourth-order valence-corrected chi connectivity index (χ4v) is 1.86. The highest BCUT2D eigenvalue weighted by molar-refractivity contribution is 5.91. The number of nitrogens with zero attached hydrogens (tertiary/aromatic N) is 2. The summed E-state index contributed by atoms with van der Waals surface area (Å²) in [6.45, 7) is 6.52. The number of nitrogen functional groups attached to an aromatic ring is 1. The zero-order valence-electron chi connectivity index (χ0n) is 11.8. The maximum atomic E-state index is 12.0. The Bertz CT molecular complexity index is 464. The van der Waals surface area contributed by atoms with Crippen molar-refractivity contribution in [2.75, 3.05) is 18.8 Å². The molecule has 1 amide bonds. The van der Waals surface area contributed by atoms with Crippen LogP contribution in [0.25, 0.3) is 0 Å². The van der Waals surface area contributed by atoms with Gasteiger partial charge in [0.05, 0.1) is 5.69 Å². The van der Waals surface area contributed by atoms with Crippen molar-refractivity contribution in [3.63, 3.8) is 0 Å². The predicted octanol–water partition coefficient (Wildman–Crippen LogP) is 1.02. The maximum Gasteiger partial charge on any atom is 0.355 e. The van der Waals surface area contributed by atoms with E-state index in [1.165, 1.54) is 6.07 Å². The van der Waals surface area contributed by atoms with Gasteiger partial charge in [0, 0.05) is 26.3 Å². The lowest BCUT2D eigenvalue weighted by molar-refractivity contribution is -0.139. The third-order valence-electron chi connectivity index (χ3n) is 2.94. The van der Waals surface area contributed by atoms with Crippen molar-refractivity contribution >= 4 is 17.6 Å². The summed E-state index contributed by atoms with van der Waals surface area (Å²) in [6.07, 6.45) is 0.816. The van der Waals surface area contributed by atoms with Gasteiger partial charge in [0.2, 0.25) is 0 Å². The van der Waals surface area contributed by atoms with E-state index in [1.807, 2.05) is 13.8 Å². The lowest BCUT2D eigenvalue weighted by atomic mass is 10.3. The van der Waals surface area contributed by atoms with Gasteiger partial charge in [-0.25, -0.2) is 4.79 Å². The molecule has 2 N–H and O–H groups in total. The number of esters is 1. The number of rotatable bonds is 5. The monoisotopic (exact) mass is 267 g/mol. The van der Waals surface area contributed by atoms with Gasteiger partial charge in [-0.3, -0.25) is 4.79 Å². The molecule has 1 aromatic rings. The molecule has 0 saturated heterocycles. The van der Waals surface area contributed by atoms with E-state index in [-0.39, 0.29) is 5.91 Å². The van der Waals surface area contributed by atoms with Crippen LogP contribution in [0.4, 0.5) is 5.69 Å². The number of amides is 1. The van der Waals surface area contributed by atoms with Crippen LogP contribution >= 0.6 is 0 Å². The fourth-order valence-electron chi connectivity index (χ4n) is 1.86. The van der Waals surface area contributed by atoms with E-state index in [0.29, 0.717) is 24.5 Å². The molecule has 0 aliphatic carbocycles. The molecular weight excluding hydrogens is 246 g/mol. The second kappa shape index (κ2) is 6.26. The molecule has 0 radical (unpaired) electrons. The summed E-state index contributed by atoms with van der Waals surface area (Å²) in [5, 5.41) is 0. The Hall–Kier alpha value is -1.98. The Morgan fingerprint density at radius 2 is 2.00 bits per heavy atom. The van der Waals surface area contributed by atoms with Crippen LogP contribution in [0.2, 0.25) is 0 Å². The van der Waals surface area contributed by atoms with E-state index >= 15 is 0 Å². The molecule has 0 aromatic carbocycles. The summed E-state index contributed by atoms with van der Waals surface area (Å²) >= 11 is 0. The SMILES string of the molecule is CCN(CC)C(=O)C(C)OC(=O)c1cc(N)cn1C. The maximum absolute atomic E-state index is 12.0. The zero-order chi connectivity index (χ0) is 14.6. The van der Waals surface area contributed by atoms with E-state index < -0.39 is 12.1 Å². The van der Waals surface area contributed by atoms with Crippen LogP contribution in [0, 0.1) is 0 Å². The highest BCUT2D eigenvalue weighted by atomic mass is 16.5. The van der Waals surface area contributed by atoms with Gasteiger partial charge in [-0.15, -0.1) is 0 Å². The molecule has 6 heteroatoms. The molecular formula is C13H21N3O3. The molecule has 0 aliphatic heterocycles. The average molecular weight is 267 g/mol. The number of carbonyl (C=O) groups excluding carboxylic acids is 2. The molecule has 0 saturated carbocycles. The van der Waals surface area contributed by atoms with Crippen molar-refractivity contribution in [2.24, 2.45) is 7.05 Å². The summed E-state index contributed by atoms with van der Waals surface area (Å²) in [5.74, 6) is -0.743. The lowest BCUT2D eigenvalue weighted by Crippen LogP contribution is -2.39. The number of anilines is 1. The summed E-state index contributed by atoms with van der Waals surface area (Å²) in [6, 6.07) is 1.52. The van der Waals surface area contributed by atoms with Gasteiger partial charge in [-0.05, 0) is 26.8 Å². The number of likely N-dealkylation sites (N-methyl/N-ethyl adjacent to an activating group) is 1. The van der Waals surface area contributed by atoms with Gasteiger partial charge in [0.25, 0.3) is 5.91 Å². The van der Waals surface area contributed by atoms with Crippen LogP contribution in [0.5, 0.6) is 0 Å². The topological polar surface area (TPSA) is 77.6 Å². The first kappa shape index (κ1) is 15.1. The molecule has 1 rings (SSSR count). The van der Waals surface area contributed by atoms with Gasteiger partial charge in [0.1, 0.15) is 5.69 Å². The smallest absolute Gasteiger partial charge is 0.355 e. The van der Waals surface area contributed by atoms with Gasteiger partial charge < -0.3 is 19.9 Å². The largest absolute Gasteiger partial charge is 0.448 e. The Morgan fingerprint density at radius 3 is 2.42 bits per heavy atom. The van der Waals surface area contributed by atoms with E-state index in [2.05, 4.69) is 0 Å². The van der Waals surface area contributed by atoms with Crippen molar-refractivity contribution in [2.45, 2.75) is 26.9 Å². The third kappa shape index (κ3) is 3.49. The Balaban J connectivity index is 2.71. The van der Waals surface area contributed by atoms with E-state index in [0.717, 1.165) is 0 Å². The van der Waals surface area contributed by atoms with Gasteiger partial charge in [-0.1, -0.05) is 0 Å². The predicted molar refractivity (Wildman–Crippen MR) is 72.6 cm³/mol. The molecule has 6 nitrogen and oxygen atoms in total. The lowest BCUT2D eigenvalue weighted by Gasteiger charge is -2.22. The number of nitrogens with two attached hydrogens (primary N) is 1. The molecule has 0 fully saturated rings. The first-order valence-electron chi connectivity index (χ1n) is 6.32. The third-order valence-corrected chi connectivity index (χ3v) is 2.94. The van der Waals surface area contributed by atoms with Crippen LogP contribution in [-0.4, -0.2) is 40.5 Å². The highest BCUT2D eigenvalue weighted by Gasteiger charge is 2.23. The first-order valence-corrected chi connectivity index (χ1v) is 6.32. The number of hydrogen-bond donors (Lipinski definition) is 1. The summed E-state index contributed by atoms with van der Waals surface area (Å²) in [4.78, 5) is 25.5. The number of carbonyl (C=O) groups is 2. The minimum absolute atomic E-state index is 0.194. The molecule has 1 atom stereocenters. The van der Waals surface area contributed by atoms with Gasteiger partial charge in [0.15, 0.2) is 6.10 Å². The molecule has 1 unspecified atom stereocenters. The van der Waals surface area contributed by atoms with Crippen LogP contribution < -0.4 is 5.73 Å². The zero-order valence-corrected chi connectivity index (χ0v) is 11.8. The number of hydrogen-bond acceptors (Lipinski definition) is 4. The van der Waals surface area contributed by atoms with Crippen molar-refractivity contribution in [1.82, 2.24) is 9.47 Å². The van der Waals surface area contributed by atoms with Gasteiger partial charge >= 0.3 is 5.97 Å². The first-order chi connectivity index (χ1) is 8.90. The van der Waals surface area contributed by atoms with Crippen LogP contribution in [-0.2, 0) is 16.6 Å². The Morgan fingerprint density at radius 1 is 1.42 bits per heavy atom. The summed E-state index contributed by atoms with van der Waals surface area (Å²) < 4.78 is 6.75. The number of aromatic nitrogens is 1. The molecule has 0 aliphatic rings. The second-order valence-electron chi connectivity index (χ2n) is 4.33. The Kier molecular flexibility index (Phi) is 4.97. The van der Waals surface area contributed by atoms with E-state index in [4.69, 9.17) is 10.5 Å². The summed E-state index contributed by atoms with van der Waals surface area (Å²) in [7, 11) is 1.70. The van der Waals surface area contributed by atoms with E-state index in [9.17, 15) is 9.59 Å². The van der Waals surface area contributed by atoms with Crippen LogP contribution in [0.15, 0.2) is 12.3 Å². The normalized spacial score (nSPS) is 12.0. The van der Waals surface area contributed by atoms with Crippen molar-refractivity contribution in [3.8, 4) is 0 Å². The standard InChI is InChI=1S/C13H21N3O3/c1-5-16(6-2)12(17)9(3)19-13(18)11-7-10(14)8-15(11)4/h7-9H,5-6,14H2,1-4H3. The van der Waals surface area contributed by atoms with Crippen molar-refractivity contribution in [1.29, 1.82) is 0 Å². The minimum Gasteiger partial charge on any atom is -0.448 e. The van der Waals surface area contributed by atoms with Crippen LogP contribution in [0.1, 0.15) is 31.3 Å². The molecule has 1 heterocycles. The molecule has 0 bridgehead atoms. The number of aryl methyl sites for hydroxylation is 1.